The van der Waals surface area contributed by atoms with Gasteiger partial charge in [0.15, 0.2) is 0 Å². The molecule has 0 N–H and O–H groups in total. The summed E-state index contributed by atoms with van der Waals surface area (Å²) >= 11 is 5.75. The van der Waals surface area contributed by atoms with Crippen LogP contribution in [0.4, 0.5) is 0 Å². The molecule has 0 spiro atoms. The lowest BCUT2D eigenvalue weighted by Crippen LogP contribution is -1.72. The molecule has 3 aromatic heterocycles. The molecule has 0 aliphatic rings. The third kappa shape index (κ3) is 2.32. The third-order valence-electron chi connectivity index (χ3n) is 5.26. The van der Waals surface area contributed by atoms with Crippen molar-refractivity contribution in [3.8, 4) is 10.4 Å². The Morgan fingerprint density at radius 2 is 1.19 bits per heavy atom. The fourth-order valence-corrected chi connectivity index (χ4v) is 7.46. The van der Waals surface area contributed by atoms with Gasteiger partial charge in [-0.05, 0) is 49.2 Å². The molecule has 3 aromatic carbocycles. The van der Waals surface area contributed by atoms with Crippen molar-refractivity contribution in [1.29, 1.82) is 0 Å². The molecule has 0 amide bonds. The Morgan fingerprint density at radius 3 is 1.85 bits per heavy atom. The second kappa shape index (κ2) is 5.65. The van der Waals surface area contributed by atoms with Crippen LogP contribution in [0.25, 0.3) is 50.8 Å². The van der Waals surface area contributed by atoms with Crippen LogP contribution >= 0.6 is 34.0 Å². The minimum Gasteiger partial charge on any atom is -0.141 e. The van der Waals surface area contributed by atoms with Crippen molar-refractivity contribution in [1.82, 2.24) is 0 Å². The predicted molar refractivity (Wildman–Crippen MR) is 125 cm³/mol. The molecule has 0 aliphatic heterocycles. The zero-order chi connectivity index (χ0) is 18.1. The zero-order valence-electron chi connectivity index (χ0n) is 15.0. The van der Waals surface area contributed by atoms with E-state index in [2.05, 4.69) is 74.5 Å². The molecule has 6 rings (SSSR count). The summed E-state index contributed by atoms with van der Waals surface area (Å²) in [7, 11) is 0. The van der Waals surface area contributed by atoms with Crippen LogP contribution in [0, 0.1) is 13.8 Å². The molecule has 3 heterocycles. The first kappa shape index (κ1) is 15.8. The maximum Gasteiger partial charge on any atom is 0.0534 e. The van der Waals surface area contributed by atoms with Gasteiger partial charge in [-0.3, -0.25) is 0 Å². The molecule has 0 bridgehead atoms. The maximum atomic E-state index is 2.37. The largest absolute Gasteiger partial charge is 0.141 e. The van der Waals surface area contributed by atoms with Crippen LogP contribution in [0.3, 0.4) is 0 Å². The molecule has 130 valence electrons. The summed E-state index contributed by atoms with van der Waals surface area (Å²) in [5.74, 6) is 0. The lowest BCUT2D eigenvalue weighted by molar-refractivity contribution is 1.52. The Morgan fingerprint density at radius 1 is 0.556 bits per heavy atom. The minimum atomic E-state index is 1.33. The maximum absolute atomic E-state index is 2.37. The molecule has 0 aliphatic carbocycles. The topological polar surface area (TPSA) is 0 Å². The standard InChI is InChI=1S/C24H16S3/c1-13-3-6-16-18-8-9-19-17-7-5-15(20-10-4-14(2)25-20)12-22(17)27-24(19)23(18)26-21(16)11-13/h3-12H,1-2H3. The first-order valence-corrected chi connectivity index (χ1v) is 11.5. The SMILES string of the molecule is Cc1ccc2c(c1)sc1c2ccc2c3ccc(-c4ccc(C)s4)cc3sc21. The molecule has 27 heavy (non-hydrogen) atoms. The van der Waals surface area contributed by atoms with Crippen LogP contribution < -0.4 is 0 Å². The van der Waals surface area contributed by atoms with E-state index in [4.69, 9.17) is 0 Å². The summed E-state index contributed by atoms with van der Waals surface area (Å²) in [4.78, 5) is 2.72. The fourth-order valence-electron chi connectivity index (χ4n) is 3.92. The quantitative estimate of drug-likeness (QED) is 0.259. The Hall–Kier alpha value is -2.20. The fraction of sp³-hybridized carbons (Fsp3) is 0.0833. The lowest BCUT2D eigenvalue weighted by Gasteiger charge is -1.98. The first-order valence-electron chi connectivity index (χ1n) is 9.02. The van der Waals surface area contributed by atoms with E-state index in [-0.39, 0.29) is 0 Å². The smallest absolute Gasteiger partial charge is 0.0534 e. The second-order valence-electron chi connectivity index (χ2n) is 7.14. The number of benzene rings is 3. The zero-order valence-corrected chi connectivity index (χ0v) is 17.4. The molecule has 0 saturated heterocycles. The number of hydrogen-bond donors (Lipinski definition) is 0. The number of thiophene rings is 3. The number of rotatable bonds is 1. The van der Waals surface area contributed by atoms with Gasteiger partial charge in [-0.2, -0.15) is 0 Å². The highest BCUT2D eigenvalue weighted by molar-refractivity contribution is 7.33. The molecule has 0 saturated carbocycles. The van der Waals surface area contributed by atoms with Gasteiger partial charge in [0.1, 0.15) is 0 Å². The summed E-state index contributed by atoms with van der Waals surface area (Å²) in [6.45, 7) is 4.35. The average molecular weight is 401 g/mol. The van der Waals surface area contributed by atoms with E-state index >= 15 is 0 Å². The van der Waals surface area contributed by atoms with E-state index in [1.54, 1.807) is 0 Å². The van der Waals surface area contributed by atoms with Gasteiger partial charge in [0.25, 0.3) is 0 Å². The van der Waals surface area contributed by atoms with Gasteiger partial charge in [0.05, 0.1) is 9.40 Å². The van der Waals surface area contributed by atoms with Crippen molar-refractivity contribution >= 4 is 74.4 Å². The van der Waals surface area contributed by atoms with E-state index in [1.165, 1.54) is 61.2 Å². The number of hydrogen-bond acceptors (Lipinski definition) is 3. The third-order valence-corrected chi connectivity index (χ3v) is 8.81. The predicted octanol–water partition coefficient (Wildman–Crippen LogP) is 8.77. The number of fused-ring (bicyclic) bond motifs is 7. The Balaban J connectivity index is 1.67. The number of aryl methyl sites for hydroxylation is 2. The minimum absolute atomic E-state index is 1.33. The highest BCUT2D eigenvalue weighted by Crippen LogP contribution is 2.45. The lowest BCUT2D eigenvalue weighted by atomic mass is 10.1. The molecule has 0 fully saturated rings. The van der Waals surface area contributed by atoms with Gasteiger partial charge in [-0.15, -0.1) is 34.0 Å². The van der Waals surface area contributed by atoms with Gasteiger partial charge in [-0.1, -0.05) is 36.4 Å². The van der Waals surface area contributed by atoms with Gasteiger partial charge < -0.3 is 0 Å². The molecule has 0 radical (unpaired) electrons. The second-order valence-corrected chi connectivity index (χ2v) is 10.5. The van der Waals surface area contributed by atoms with Crippen LogP contribution in [-0.4, -0.2) is 0 Å². The molecule has 0 atom stereocenters. The molecule has 6 aromatic rings. The molecule has 0 nitrogen and oxygen atoms in total. The van der Waals surface area contributed by atoms with Crippen LogP contribution in [0.15, 0.2) is 60.7 Å². The van der Waals surface area contributed by atoms with Crippen LogP contribution in [-0.2, 0) is 0 Å². The Bertz CT molecular complexity index is 1490. The van der Waals surface area contributed by atoms with Crippen molar-refractivity contribution in [3.05, 3.63) is 71.1 Å². The molecular weight excluding hydrogens is 384 g/mol. The van der Waals surface area contributed by atoms with Crippen molar-refractivity contribution in [2.24, 2.45) is 0 Å². The highest BCUT2D eigenvalue weighted by atomic mass is 32.1. The van der Waals surface area contributed by atoms with E-state index in [0.29, 0.717) is 0 Å². The van der Waals surface area contributed by atoms with E-state index in [0.717, 1.165) is 0 Å². The van der Waals surface area contributed by atoms with Crippen molar-refractivity contribution < 1.29 is 0 Å². The van der Waals surface area contributed by atoms with Crippen molar-refractivity contribution in [3.63, 3.8) is 0 Å². The van der Waals surface area contributed by atoms with Crippen LogP contribution in [0.2, 0.25) is 0 Å². The van der Waals surface area contributed by atoms with E-state index < -0.39 is 0 Å². The summed E-state index contributed by atoms with van der Waals surface area (Å²) in [6, 6.07) is 22.8. The first-order chi connectivity index (χ1) is 13.2. The Kier molecular flexibility index (Phi) is 3.31. The van der Waals surface area contributed by atoms with E-state index in [1.807, 2.05) is 34.0 Å². The summed E-state index contributed by atoms with van der Waals surface area (Å²) in [6.07, 6.45) is 0. The van der Waals surface area contributed by atoms with Gasteiger partial charge >= 0.3 is 0 Å². The van der Waals surface area contributed by atoms with E-state index in [9.17, 15) is 0 Å². The normalized spacial score (nSPS) is 12.1. The average Bonchev–Trinajstić information content (AvgIpc) is 3.34. The molecule has 3 heteroatoms. The van der Waals surface area contributed by atoms with Crippen molar-refractivity contribution in [2.75, 3.05) is 0 Å². The van der Waals surface area contributed by atoms with Gasteiger partial charge in [0.2, 0.25) is 0 Å². The van der Waals surface area contributed by atoms with Crippen molar-refractivity contribution in [2.45, 2.75) is 13.8 Å². The summed E-state index contributed by atoms with van der Waals surface area (Å²) < 4.78 is 5.64. The molecular formula is C24H16S3. The molecule has 0 unspecified atom stereocenters. The monoisotopic (exact) mass is 400 g/mol. The van der Waals surface area contributed by atoms with Gasteiger partial charge in [-0.25, -0.2) is 0 Å². The highest BCUT2D eigenvalue weighted by Gasteiger charge is 2.13. The summed E-state index contributed by atoms with van der Waals surface area (Å²) in [5.41, 5.74) is 2.66. The van der Waals surface area contributed by atoms with Crippen LogP contribution in [0.1, 0.15) is 10.4 Å². The Labute approximate surface area is 169 Å². The van der Waals surface area contributed by atoms with Gasteiger partial charge in [0, 0.05) is 40.7 Å². The van der Waals surface area contributed by atoms with Crippen LogP contribution in [0.5, 0.6) is 0 Å². The summed E-state index contributed by atoms with van der Waals surface area (Å²) in [5, 5.41) is 5.54.